The van der Waals surface area contributed by atoms with Crippen LogP contribution >= 0.6 is 11.3 Å². The van der Waals surface area contributed by atoms with Crippen molar-refractivity contribution in [1.29, 1.82) is 0 Å². The van der Waals surface area contributed by atoms with E-state index in [-0.39, 0.29) is 5.56 Å². The first-order valence-corrected chi connectivity index (χ1v) is 5.77. The number of nitrogens with two attached hydrogens (primary N) is 1. The number of fused-ring (bicyclic) bond motifs is 1. The molecule has 0 radical (unpaired) electrons. The Morgan fingerprint density at radius 1 is 1.71 bits per heavy atom. The van der Waals surface area contributed by atoms with Crippen LogP contribution in [0.15, 0.2) is 23.8 Å². The minimum absolute atomic E-state index is 0.170. The predicted molar refractivity (Wildman–Crippen MR) is 67.3 cm³/mol. The van der Waals surface area contributed by atoms with Gasteiger partial charge in [0.2, 0.25) is 0 Å². The summed E-state index contributed by atoms with van der Waals surface area (Å²) >= 11 is 1.15. The van der Waals surface area contributed by atoms with E-state index >= 15 is 0 Å². The molecule has 0 fully saturated rings. The molecule has 0 aliphatic carbocycles. The second-order valence-corrected chi connectivity index (χ2v) is 4.59. The van der Waals surface area contributed by atoms with Gasteiger partial charge in [0.25, 0.3) is 11.5 Å². The highest BCUT2D eigenvalue weighted by molar-refractivity contribution is 7.20. The van der Waals surface area contributed by atoms with Gasteiger partial charge in [-0.15, -0.1) is 17.9 Å². The molecule has 2 heterocycles. The minimum atomic E-state index is -0.528. The molecule has 0 unspecified atom stereocenters. The zero-order valence-electron chi connectivity index (χ0n) is 9.27. The van der Waals surface area contributed by atoms with Crippen LogP contribution in [0, 0.1) is 6.92 Å². The van der Waals surface area contributed by atoms with Gasteiger partial charge in [-0.25, -0.2) is 4.98 Å². The SMILES string of the molecule is C=CCn1cnc2sc(C(N)=O)c(C)c2c1=O. The van der Waals surface area contributed by atoms with Crippen molar-refractivity contribution in [2.75, 3.05) is 0 Å². The smallest absolute Gasteiger partial charge is 0.262 e. The molecule has 0 aromatic carbocycles. The minimum Gasteiger partial charge on any atom is -0.365 e. The van der Waals surface area contributed by atoms with Crippen molar-refractivity contribution >= 4 is 27.5 Å². The maximum absolute atomic E-state index is 12.1. The lowest BCUT2D eigenvalue weighted by molar-refractivity contribution is 0.100. The third kappa shape index (κ3) is 1.76. The van der Waals surface area contributed by atoms with E-state index in [1.54, 1.807) is 13.0 Å². The highest BCUT2D eigenvalue weighted by atomic mass is 32.1. The normalized spacial score (nSPS) is 10.6. The fourth-order valence-corrected chi connectivity index (χ4v) is 2.65. The lowest BCUT2D eigenvalue weighted by Crippen LogP contribution is -2.20. The molecule has 0 bridgehead atoms. The molecule has 2 rings (SSSR count). The molecule has 2 N–H and O–H groups in total. The van der Waals surface area contributed by atoms with E-state index < -0.39 is 5.91 Å². The topological polar surface area (TPSA) is 78.0 Å². The largest absolute Gasteiger partial charge is 0.365 e. The van der Waals surface area contributed by atoms with Crippen molar-refractivity contribution in [1.82, 2.24) is 9.55 Å². The molecule has 6 heteroatoms. The third-order valence-electron chi connectivity index (χ3n) is 2.47. The summed E-state index contributed by atoms with van der Waals surface area (Å²) in [6.07, 6.45) is 3.07. The number of hydrogen-bond donors (Lipinski definition) is 1. The van der Waals surface area contributed by atoms with Gasteiger partial charge >= 0.3 is 0 Å². The number of rotatable bonds is 3. The molecule has 2 aromatic rings. The van der Waals surface area contributed by atoms with Gasteiger partial charge in [0.1, 0.15) is 4.83 Å². The number of carbonyl (C=O) groups excluding carboxylic acids is 1. The van der Waals surface area contributed by atoms with Crippen LogP contribution < -0.4 is 11.3 Å². The highest BCUT2D eigenvalue weighted by Crippen LogP contribution is 2.25. The maximum atomic E-state index is 12.1. The Morgan fingerprint density at radius 3 is 3.00 bits per heavy atom. The van der Waals surface area contributed by atoms with Crippen LogP contribution in [0.1, 0.15) is 15.2 Å². The van der Waals surface area contributed by atoms with Crippen LogP contribution in [0.3, 0.4) is 0 Å². The Balaban J connectivity index is 2.81. The lowest BCUT2D eigenvalue weighted by Gasteiger charge is -2.00. The number of aromatic nitrogens is 2. The summed E-state index contributed by atoms with van der Waals surface area (Å²) in [7, 11) is 0. The molecule has 17 heavy (non-hydrogen) atoms. The first-order chi connectivity index (χ1) is 8.06. The van der Waals surface area contributed by atoms with E-state index in [9.17, 15) is 9.59 Å². The van der Waals surface area contributed by atoms with Gasteiger partial charge in [0.05, 0.1) is 16.6 Å². The Hall–Kier alpha value is -1.95. The molecule has 0 spiro atoms. The summed E-state index contributed by atoms with van der Waals surface area (Å²) in [5, 5.41) is 0.466. The quantitative estimate of drug-likeness (QED) is 0.826. The zero-order chi connectivity index (χ0) is 12.6. The van der Waals surface area contributed by atoms with Crippen LogP contribution in [-0.4, -0.2) is 15.5 Å². The van der Waals surface area contributed by atoms with Gasteiger partial charge in [-0.2, -0.15) is 0 Å². The standard InChI is InChI=1S/C11H11N3O2S/c1-3-4-14-5-13-10-7(11(14)16)6(2)8(17-10)9(12)15/h3,5H,1,4H2,2H3,(H2,12,15). The Labute approximate surface area is 101 Å². The number of thiophene rings is 1. The van der Waals surface area contributed by atoms with Crippen molar-refractivity contribution in [3.63, 3.8) is 0 Å². The first kappa shape index (κ1) is 11.5. The van der Waals surface area contributed by atoms with E-state index in [1.807, 2.05) is 0 Å². The van der Waals surface area contributed by atoms with Gasteiger partial charge in [0, 0.05) is 6.54 Å². The summed E-state index contributed by atoms with van der Waals surface area (Å²) in [4.78, 5) is 28.4. The number of primary amides is 1. The second-order valence-electron chi connectivity index (χ2n) is 3.59. The molecule has 5 nitrogen and oxygen atoms in total. The number of nitrogens with zero attached hydrogens (tertiary/aromatic N) is 2. The Kier molecular flexibility index (Phi) is 2.81. The van der Waals surface area contributed by atoms with Crippen LogP contribution in [0.4, 0.5) is 0 Å². The third-order valence-corrected chi connectivity index (χ3v) is 3.68. The number of amides is 1. The fourth-order valence-electron chi connectivity index (χ4n) is 1.66. The molecule has 0 atom stereocenters. The number of carbonyl (C=O) groups is 1. The second kappa shape index (κ2) is 4.14. The summed E-state index contributed by atoms with van der Waals surface area (Å²) in [5.74, 6) is -0.528. The maximum Gasteiger partial charge on any atom is 0.262 e. The highest BCUT2D eigenvalue weighted by Gasteiger charge is 2.17. The van der Waals surface area contributed by atoms with Gasteiger partial charge in [-0.1, -0.05) is 6.08 Å². The van der Waals surface area contributed by atoms with Crippen LogP contribution in [0.25, 0.3) is 10.2 Å². The van der Waals surface area contributed by atoms with Crippen LogP contribution in [0.2, 0.25) is 0 Å². The molecule has 88 valence electrons. The van der Waals surface area contributed by atoms with Crippen LogP contribution in [-0.2, 0) is 6.54 Å². The summed E-state index contributed by atoms with van der Waals surface area (Å²) in [6, 6.07) is 0. The Bertz CT molecular complexity index is 669. The predicted octanol–water partition coefficient (Wildman–Crippen LogP) is 1.05. The van der Waals surface area contributed by atoms with E-state index in [1.165, 1.54) is 10.9 Å². The van der Waals surface area contributed by atoms with Gasteiger partial charge in [-0.3, -0.25) is 14.2 Å². The van der Waals surface area contributed by atoms with Gasteiger partial charge in [0.15, 0.2) is 0 Å². The summed E-state index contributed by atoms with van der Waals surface area (Å²) in [5.41, 5.74) is 5.68. The van der Waals surface area contributed by atoms with Crippen molar-refractivity contribution in [2.45, 2.75) is 13.5 Å². The lowest BCUT2D eigenvalue weighted by atomic mass is 10.2. The first-order valence-electron chi connectivity index (χ1n) is 4.95. The molecule has 0 aliphatic rings. The van der Waals surface area contributed by atoms with E-state index in [4.69, 9.17) is 5.73 Å². The molecular formula is C11H11N3O2S. The molecular weight excluding hydrogens is 238 g/mol. The monoisotopic (exact) mass is 249 g/mol. The Morgan fingerprint density at radius 2 is 2.41 bits per heavy atom. The number of hydrogen-bond acceptors (Lipinski definition) is 4. The molecule has 0 saturated heterocycles. The molecule has 0 aliphatic heterocycles. The number of allylic oxidation sites excluding steroid dienone is 1. The van der Waals surface area contributed by atoms with Crippen LogP contribution in [0.5, 0.6) is 0 Å². The summed E-state index contributed by atoms with van der Waals surface area (Å²) < 4.78 is 1.44. The molecule has 1 amide bonds. The van der Waals surface area contributed by atoms with Crippen molar-refractivity contribution < 1.29 is 4.79 Å². The van der Waals surface area contributed by atoms with E-state index in [0.717, 1.165) is 11.3 Å². The van der Waals surface area contributed by atoms with Crippen molar-refractivity contribution in [3.8, 4) is 0 Å². The van der Waals surface area contributed by atoms with Crippen molar-refractivity contribution in [3.05, 3.63) is 39.8 Å². The number of aryl methyl sites for hydroxylation is 1. The van der Waals surface area contributed by atoms with Gasteiger partial charge in [-0.05, 0) is 12.5 Å². The fraction of sp³-hybridized carbons (Fsp3) is 0.182. The average molecular weight is 249 g/mol. The molecule has 0 saturated carbocycles. The van der Waals surface area contributed by atoms with Gasteiger partial charge < -0.3 is 5.73 Å². The average Bonchev–Trinajstić information content (AvgIpc) is 2.61. The summed E-state index contributed by atoms with van der Waals surface area (Å²) in [6.45, 7) is 5.67. The van der Waals surface area contributed by atoms with Crippen molar-refractivity contribution in [2.24, 2.45) is 5.73 Å². The zero-order valence-corrected chi connectivity index (χ0v) is 10.1. The van der Waals surface area contributed by atoms with E-state index in [2.05, 4.69) is 11.6 Å². The van der Waals surface area contributed by atoms with E-state index in [0.29, 0.717) is 27.2 Å². The molecule has 2 aromatic heterocycles.